The summed E-state index contributed by atoms with van der Waals surface area (Å²) in [4.78, 5) is 23.8. The Hall–Kier alpha value is -4.00. The van der Waals surface area contributed by atoms with E-state index in [-0.39, 0.29) is 12.4 Å². The van der Waals surface area contributed by atoms with Crippen molar-refractivity contribution in [3.63, 3.8) is 0 Å². The third-order valence-electron chi connectivity index (χ3n) is 4.38. The van der Waals surface area contributed by atoms with E-state index in [4.69, 9.17) is 4.74 Å². The van der Waals surface area contributed by atoms with E-state index in [9.17, 15) is 14.0 Å². The summed E-state index contributed by atoms with van der Waals surface area (Å²) in [7, 11) is 0. The van der Waals surface area contributed by atoms with Crippen LogP contribution in [0.4, 0.5) is 10.1 Å². The van der Waals surface area contributed by atoms with Gasteiger partial charge in [-0.25, -0.2) is 9.82 Å². The predicted molar refractivity (Wildman–Crippen MR) is 117 cm³/mol. The van der Waals surface area contributed by atoms with E-state index in [0.29, 0.717) is 17.0 Å². The van der Waals surface area contributed by atoms with E-state index in [1.54, 1.807) is 48.5 Å². The third-order valence-corrected chi connectivity index (χ3v) is 4.38. The molecule has 31 heavy (non-hydrogen) atoms. The minimum atomic E-state index is -0.870. The van der Waals surface area contributed by atoms with E-state index in [1.807, 2.05) is 19.1 Å². The molecule has 0 unspecified atom stereocenters. The summed E-state index contributed by atoms with van der Waals surface area (Å²) in [5.41, 5.74) is 5.30. The molecule has 158 valence electrons. The Bertz CT molecular complexity index is 1060. The van der Waals surface area contributed by atoms with Gasteiger partial charge in [-0.3, -0.25) is 9.59 Å². The number of hydrogen-bond donors (Lipinski definition) is 2. The van der Waals surface area contributed by atoms with Crippen LogP contribution in [-0.4, -0.2) is 18.0 Å². The summed E-state index contributed by atoms with van der Waals surface area (Å²) in [6, 6.07) is 20.4. The normalized spacial score (nSPS) is 10.6. The molecule has 7 heteroatoms. The second kappa shape index (κ2) is 10.7. The molecule has 6 nitrogen and oxygen atoms in total. The number of benzene rings is 3. The van der Waals surface area contributed by atoms with Gasteiger partial charge in [0, 0.05) is 5.69 Å². The van der Waals surface area contributed by atoms with Gasteiger partial charge in [-0.15, -0.1) is 0 Å². The number of hydrazone groups is 1. The van der Waals surface area contributed by atoms with Gasteiger partial charge in [0.2, 0.25) is 0 Å². The zero-order chi connectivity index (χ0) is 22.1. The van der Waals surface area contributed by atoms with Gasteiger partial charge in [-0.1, -0.05) is 31.2 Å². The molecule has 0 aliphatic rings. The summed E-state index contributed by atoms with van der Waals surface area (Å²) in [6.07, 6.45) is 2.31. The van der Waals surface area contributed by atoms with Crippen molar-refractivity contribution in [1.82, 2.24) is 5.43 Å². The summed E-state index contributed by atoms with van der Waals surface area (Å²) in [5.74, 6) is -1.37. The van der Waals surface area contributed by atoms with Crippen LogP contribution in [0.25, 0.3) is 0 Å². The first-order chi connectivity index (χ1) is 15.0. The van der Waals surface area contributed by atoms with E-state index in [2.05, 4.69) is 15.8 Å². The molecule has 0 atom stereocenters. The lowest BCUT2D eigenvalue weighted by Gasteiger charge is -2.06. The van der Waals surface area contributed by atoms with Crippen molar-refractivity contribution < 1.29 is 18.7 Å². The minimum Gasteiger partial charge on any atom is -0.489 e. The molecule has 0 saturated carbocycles. The standard InChI is InChI=1S/C24H22FN3O3/c1-2-17-6-10-21(11-7-17)27-23(29)24(30)28-26-15-18-8-12-22(13-9-18)31-16-19-4-3-5-20(25)14-19/h3-15H,2,16H2,1H3,(H,27,29)(H,28,30)/b26-15-. The Morgan fingerprint density at radius 1 is 0.968 bits per heavy atom. The van der Waals surface area contributed by atoms with Crippen molar-refractivity contribution in [2.45, 2.75) is 20.0 Å². The number of carbonyl (C=O) groups is 2. The monoisotopic (exact) mass is 419 g/mol. The number of rotatable bonds is 7. The number of nitrogens with zero attached hydrogens (tertiary/aromatic N) is 1. The van der Waals surface area contributed by atoms with Gasteiger partial charge >= 0.3 is 11.8 Å². The van der Waals surface area contributed by atoms with Crippen LogP contribution in [0.3, 0.4) is 0 Å². The maximum absolute atomic E-state index is 13.2. The molecule has 0 aromatic heterocycles. The molecule has 2 amide bonds. The smallest absolute Gasteiger partial charge is 0.329 e. The minimum absolute atomic E-state index is 0.248. The highest BCUT2D eigenvalue weighted by molar-refractivity contribution is 6.39. The van der Waals surface area contributed by atoms with Gasteiger partial charge in [0.05, 0.1) is 6.21 Å². The number of halogens is 1. The number of hydrogen-bond acceptors (Lipinski definition) is 4. The molecule has 0 aliphatic heterocycles. The Labute approximate surface area is 179 Å². The van der Waals surface area contributed by atoms with E-state index < -0.39 is 11.8 Å². The highest BCUT2D eigenvalue weighted by Gasteiger charge is 2.12. The summed E-state index contributed by atoms with van der Waals surface area (Å²) in [5, 5.41) is 6.31. The first-order valence-electron chi connectivity index (χ1n) is 9.74. The Balaban J connectivity index is 1.46. The van der Waals surface area contributed by atoms with Crippen LogP contribution in [0.2, 0.25) is 0 Å². The van der Waals surface area contributed by atoms with Crippen LogP contribution >= 0.6 is 0 Å². The number of amides is 2. The lowest BCUT2D eigenvalue weighted by atomic mass is 10.1. The summed E-state index contributed by atoms with van der Waals surface area (Å²) < 4.78 is 18.8. The average Bonchev–Trinajstić information content (AvgIpc) is 2.79. The van der Waals surface area contributed by atoms with Crippen molar-refractivity contribution in [2.24, 2.45) is 5.10 Å². The highest BCUT2D eigenvalue weighted by Crippen LogP contribution is 2.14. The third kappa shape index (κ3) is 6.78. The molecule has 0 bridgehead atoms. The average molecular weight is 419 g/mol. The number of anilines is 1. The highest BCUT2D eigenvalue weighted by atomic mass is 19.1. The summed E-state index contributed by atoms with van der Waals surface area (Å²) in [6.45, 7) is 2.28. The van der Waals surface area contributed by atoms with Gasteiger partial charge < -0.3 is 10.1 Å². The number of aryl methyl sites for hydroxylation is 1. The molecular weight excluding hydrogens is 397 g/mol. The van der Waals surface area contributed by atoms with E-state index >= 15 is 0 Å². The fourth-order valence-electron chi connectivity index (χ4n) is 2.67. The number of ether oxygens (including phenoxy) is 1. The van der Waals surface area contributed by atoms with Crippen molar-refractivity contribution in [3.8, 4) is 5.75 Å². The van der Waals surface area contributed by atoms with Crippen LogP contribution in [0.1, 0.15) is 23.6 Å². The summed E-state index contributed by atoms with van der Waals surface area (Å²) >= 11 is 0. The number of carbonyl (C=O) groups excluding carboxylic acids is 2. The zero-order valence-electron chi connectivity index (χ0n) is 17.0. The second-order valence-corrected chi connectivity index (χ2v) is 6.69. The van der Waals surface area contributed by atoms with Gasteiger partial charge in [0.15, 0.2) is 0 Å². The maximum atomic E-state index is 13.2. The molecule has 3 rings (SSSR count). The SMILES string of the molecule is CCc1ccc(NC(=O)C(=O)N/N=C\c2ccc(OCc3cccc(F)c3)cc2)cc1. The molecule has 0 fully saturated rings. The van der Waals surface area contributed by atoms with Gasteiger partial charge in [0.25, 0.3) is 0 Å². The molecule has 3 aromatic rings. The maximum Gasteiger partial charge on any atom is 0.329 e. The van der Waals surface area contributed by atoms with E-state index in [0.717, 1.165) is 17.5 Å². The molecule has 0 radical (unpaired) electrons. The number of nitrogens with one attached hydrogen (secondary N) is 2. The topological polar surface area (TPSA) is 79.8 Å². The van der Waals surface area contributed by atoms with Crippen molar-refractivity contribution in [3.05, 3.63) is 95.3 Å². The van der Waals surface area contributed by atoms with Gasteiger partial charge in [-0.05, 0) is 71.6 Å². The van der Waals surface area contributed by atoms with Crippen molar-refractivity contribution >= 4 is 23.7 Å². The van der Waals surface area contributed by atoms with Gasteiger partial charge in [-0.2, -0.15) is 5.10 Å². The van der Waals surface area contributed by atoms with Crippen LogP contribution in [0.5, 0.6) is 5.75 Å². The molecular formula is C24H22FN3O3. The Morgan fingerprint density at radius 2 is 1.71 bits per heavy atom. The quantitative estimate of drug-likeness (QED) is 0.344. The lowest BCUT2D eigenvalue weighted by Crippen LogP contribution is -2.32. The second-order valence-electron chi connectivity index (χ2n) is 6.69. The van der Waals surface area contributed by atoms with E-state index in [1.165, 1.54) is 18.3 Å². The predicted octanol–water partition coefficient (Wildman–Crippen LogP) is 4.06. The first kappa shape index (κ1) is 21.7. The fraction of sp³-hybridized carbons (Fsp3) is 0.125. The van der Waals surface area contributed by atoms with Crippen LogP contribution in [0, 0.1) is 5.82 Å². The van der Waals surface area contributed by atoms with Crippen molar-refractivity contribution in [1.29, 1.82) is 0 Å². The molecule has 0 heterocycles. The molecule has 2 N–H and O–H groups in total. The Morgan fingerprint density at radius 3 is 2.39 bits per heavy atom. The largest absolute Gasteiger partial charge is 0.489 e. The molecule has 0 aliphatic carbocycles. The first-order valence-corrected chi connectivity index (χ1v) is 9.74. The zero-order valence-corrected chi connectivity index (χ0v) is 17.0. The van der Waals surface area contributed by atoms with Gasteiger partial charge in [0.1, 0.15) is 18.2 Å². The Kier molecular flexibility index (Phi) is 7.48. The van der Waals surface area contributed by atoms with Crippen LogP contribution in [-0.2, 0) is 22.6 Å². The van der Waals surface area contributed by atoms with Crippen molar-refractivity contribution in [2.75, 3.05) is 5.32 Å². The lowest BCUT2D eigenvalue weighted by molar-refractivity contribution is -0.136. The molecule has 0 saturated heterocycles. The van der Waals surface area contributed by atoms with Crippen LogP contribution < -0.4 is 15.5 Å². The fourth-order valence-corrected chi connectivity index (χ4v) is 2.67. The van der Waals surface area contributed by atoms with Crippen LogP contribution in [0.15, 0.2) is 77.9 Å². The molecule has 0 spiro atoms. The molecule has 3 aromatic carbocycles.